The number of benzene rings is 1. The SMILES string of the molecule is Cn1cc(O)nc1C1(c2ccccc2)CCOCC1. The van der Waals surface area contributed by atoms with E-state index in [4.69, 9.17) is 4.74 Å². The molecule has 1 aliphatic rings. The lowest BCUT2D eigenvalue weighted by Gasteiger charge is -2.37. The highest BCUT2D eigenvalue weighted by Gasteiger charge is 2.39. The van der Waals surface area contributed by atoms with E-state index in [2.05, 4.69) is 29.2 Å². The summed E-state index contributed by atoms with van der Waals surface area (Å²) in [6, 6.07) is 10.4. The van der Waals surface area contributed by atoms with E-state index in [0.717, 1.165) is 31.9 Å². The second kappa shape index (κ2) is 4.70. The van der Waals surface area contributed by atoms with Crippen molar-refractivity contribution in [3.8, 4) is 5.88 Å². The molecule has 1 aromatic heterocycles. The summed E-state index contributed by atoms with van der Waals surface area (Å²) in [5, 5.41) is 9.66. The quantitative estimate of drug-likeness (QED) is 0.898. The zero-order valence-corrected chi connectivity index (χ0v) is 11.0. The third-order valence-corrected chi connectivity index (χ3v) is 3.96. The molecular formula is C15H18N2O2. The van der Waals surface area contributed by atoms with Crippen LogP contribution in [0.1, 0.15) is 24.2 Å². The standard InChI is InChI=1S/C15H18N2O2/c1-17-11-13(18)16-14(17)15(7-9-19-10-8-15)12-5-3-2-4-6-12/h2-6,11,18H,7-10H2,1H3. The molecule has 19 heavy (non-hydrogen) atoms. The van der Waals surface area contributed by atoms with Crippen molar-refractivity contribution >= 4 is 0 Å². The fourth-order valence-corrected chi connectivity index (χ4v) is 3.01. The molecule has 1 saturated heterocycles. The van der Waals surface area contributed by atoms with E-state index in [1.54, 1.807) is 6.20 Å². The van der Waals surface area contributed by atoms with E-state index in [1.165, 1.54) is 5.56 Å². The van der Waals surface area contributed by atoms with Crippen molar-refractivity contribution in [1.82, 2.24) is 9.55 Å². The van der Waals surface area contributed by atoms with E-state index in [1.807, 2.05) is 17.7 Å². The van der Waals surface area contributed by atoms with Gasteiger partial charge in [0.15, 0.2) is 0 Å². The number of hydrogen-bond acceptors (Lipinski definition) is 3. The summed E-state index contributed by atoms with van der Waals surface area (Å²) >= 11 is 0. The Morgan fingerprint density at radius 3 is 2.47 bits per heavy atom. The lowest BCUT2D eigenvalue weighted by Crippen LogP contribution is -2.37. The van der Waals surface area contributed by atoms with Gasteiger partial charge in [0, 0.05) is 20.3 Å². The maximum absolute atomic E-state index is 9.66. The van der Waals surface area contributed by atoms with Crippen LogP contribution in [0.25, 0.3) is 0 Å². The summed E-state index contributed by atoms with van der Waals surface area (Å²) in [6.07, 6.45) is 3.44. The number of imidazole rings is 1. The van der Waals surface area contributed by atoms with Crippen LogP contribution >= 0.6 is 0 Å². The summed E-state index contributed by atoms with van der Waals surface area (Å²) in [4.78, 5) is 4.35. The molecule has 0 unspecified atom stereocenters. The zero-order valence-electron chi connectivity index (χ0n) is 11.0. The second-order valence-electron chi connectivity index (χ2n) is 5.09. The first-order chi connectivity index (χ1) is 9.22. The van der Waals surface area contributed by atoms with Gasteiger partial charge >= 0.3 is 0 Å². The highest BCUT2D eigenvalue weighted by Crippen LogP contribution is 2.40. The zero-order chi connectivity index (χ0) is 13.3. The van der Waals surface area contributed by atoms with Crippen molar-refractivity contribution in [3.63, 3.8) is 0 Å². The molecule has 2 aromatic rings. The Morgan fingerprint density at radius 1 is 1.21 bits per heavy atom. The van der Waals surface area contributed by atoms with E-state index in [9.17, 15) is 5.11 Å². The monoisotopic (exact) mass is 258 g/mol. The minimum absolute atomic E-state index is 0.0827. The molecule has 0 spiro atoms. The van der Waals surface area contributed by atoms with E-state index >= 15 is 0 Å². The van der Waals surface area contributed by atoms with Crippen molar-refractivity contribution in [1.29, 1.82) is 0 Å². The van der Waals surface area contributed by atoms with Crippen LogP contribution in [0, 0.1) is 0 Å². The fraction of sp³-hybridized carbons (Fsp3) is 0.400. The van der Waals surface area contributed by atoms with Crippen molar-refractivity contribution in [3.05, 3.63) is 47.9 Å². The maximum atomic E-state index is 9.66. The van der Waals surface area contributed by atoms with Gasteiger partial charge in [0.25, 0.3) is 0 Å². The van der Waals surface area contributed by atoms with Crippen LogP contribution in [0.3, 0.4) is 0 Å². The van der Waals surface area contributed by atoms with E-state index < -0.39 is 0 Å². The number of aromatic hydroxyl groups is 1. The van der Waals surface area contributed by atoms with Gasteiger partial charge in [0.05, 0.1) is 11.6 Å². The molecule has 4 heteroatoms. The fourth-order valence-electron chi connectivity index (χ4n) is 3.01. The summed E-state index contributed by atoms with van der Waals surface area (Å²) in [5.74, 6) is 0.999. The van der Waals surface area contributed by atoms with E-state index in [0.29, 0.717) is 0 Å². The third-order valence-electron chi connectivity index (χ3n) is 3.96. The Balaban J connectivity index is 2.14. The predicted octanol–water partition coefficient (Wildman–Crippen LogP) is 2.22. The summed E-state index contributed by atoms with van der Waals surface area (Å²) < 4.78 is 7.44. The Morgan fingerprint density at radius 2 is 1.89 bits per heavy atom. The second-order valence-corrected chi connectivity index (χ2v) is 5.09. The molecule has 0 aliphatic carbocycles. The van der Waals surface area contributed by atoms with Gasteiger partial charge in [-0.3, -0.25) is 0 Å². The van der Waals surface area contributed by atoms with Crippen molar-refractivity contribution in [2.75, 3.05) is 13.2 Å². The highest BCUT2D eigenvalue weighted by atomic mass is 16.5. The first kappa shape index (κ1) is 12.2. The van der Waals surface area contributed by atoms with Crippen LogP contribution in [-0.2, 0) is 17.2 Å². The van der Waals surface area contributed by atoms with Crippen LogP contribution < -0.4 is 0 Å². The first-order valence-corrected chi connectivity index (χ1v) is 6.58. The third kappa shape index (κ3) is 2.02. The lowest BCUT2D eigenvalue weighted by atomic mass is 9.73. The van der Waals surface area contributed by atoms with Gasteiger partial charge in [-0.05, 0) is 18.4 Å². The molecule has 1 N–H and O–H groups in total. The lowest BCUT2D eigenvalue weighted by molar-refractivity contribution is 0.0596. The van der Waals surface area contributed by atoms with Crippen LogP contribution in [0.4, 0.5) is 0 Å². The predicted molar refractivity (Wildman–Crippen MR) is 72.1 cm³/mol. The van der Waals surface area contributed by atoms with Crippen LogP contribution in [-0.4, -0.2) is 27.9 Å². The summed E-state index contributed by atoms with van der Waals surface area (Å²) in [6.45, 7) is 1.45. The van der Waals surface area contributed by atoms with Gasteiger partial charge in [-0.15, -0.1) is 0 Å². The molecule has 0 atom stereocenters. The number of aryl methyl sites for hydroxylation is 1. The maximum Gasteiger partial charge on any atom is 0.229 e. The Bertz CT molecular complexity index is 557. The first-order valence-electron chi connectivity index (χ1n) is 6.58. The van der Waals surface area contributed by atoms with Crippen LogP contribution in [0.15, 0.2) is 36.5 Å². The Labute approximate surface area is 112 Å². The van der Waals surface area contributed by atoms with Crippen LogP contribution in [0.2, 0.25) is 0 Å². The molecule has 1 fully saturated rings. The smallest absolute Gasteiger partial charge is 0.229 e. The van der Waals surface area contributed by atoms with Crippen molar-refractivity contribution in [2.24, 2.45) is 7.05 Å². The van der Waals surface area contributed by atoms with Gasteiger partial charge in [0.1, 0.15) is 5.82 Å². The van der Waals surface area contributed by atoms with Crippen LogP contribution in [0.5, 0.6) is 5.88 Å². The summed E-state index contributed by atoms with van der Waals surface area (Å²) in [7, 11) is 1.93. The molecule has 100 valence electrons. The largest absolute Gasteiger partial charge is 0.492 e. The number of aromatic nitrogens is 2. The minimum atomic E-state index is -0.157. The molecule has 0 amide bonds. The number of ether oxygens (including phenoxy) is 1. The molecule has 3 rings (SSSR count). The molecular weight excluding hydrogens is 240 g/mol. The van der Waals surface area contributed by atoms with Gasteiger partial charge in [-0.1, -0.05) is 30.3 Å². The molecule has 2 heterocycles. The normalized spacial score (nSPS) is 18.4. The molecule has 0 saturated carbocycles. The molecule has 0 radical (unpaired) electrons. The molecule has 0 bridgehead atoms. The summed E-state index contributed by atoms with van der Waals surface area (Å²) in [5.41, 5.74) is 1.09. The van der Waals surface area contributed by atoms with Gasteiger partial charge in [-0.25, -0.2) is 0 Å². The van der Waals surface area contributed by atoms with E-state index in [-0.39, 0.29) is 11.3 Å². The molecule has 4 nitrogen and oxygen atoms in total. The van der Waals surface area contributed by atoms with Crippen molar-refractivity contribution in [2.45, 2.75) is 18.3 Å². The number of nitrogens with zero attached hydrogens (tertiary/aromatic N) is 2. The topological polar surface area (TPSA) is 47.3 Å². The molecule has 1 aliphatic heterocycles. The van der Waals surface area contributed by atoms with Crippen molar-refractivity contribution < 1.29 is 9.84 Å². The Hall–Kier alpha value is -1.81. The molecule has 1 aromatic carbocycles. The minimum Gasteiger partial charge on any atom is -0.492 e. The van der Waals surface area contributed by atoms with Gasteiger partial charge in [0.2, 0.25) is 5.88 Å². The number of hydrogen-bond donors (Lipinski definition) is 1. The van der Waals surface area contributed by atoms with Gasteiger partial charge in [-0.2, -0.15) is 4.98 Å². The Kier molecular flexibility index (Phi) is 3.03. The average molecular weight is 258 g/mol. The van der Waals surface area contributed by atoms with Gasteiger partial charge < -0.3 is 14.4 Å². The number of rotatable bonds is 2. The average Bonchev–Trinajstić information content (AvgIpc) is 2.80. The highest BCUT2D eigenvalue weighted by molar-refractivity contribution is 5.35.